The van der Waals surface area contributed by atoms with Gasteiger partial charge >= 0.3 is 0 Å². The van der Waals surface area contributed by atoms with Crippen LogP contribution in [0.15, 0.2) is 0 Å². The maximum atomic E-state index is 9.00. The van der Waals surface area contributed by atoms with Gasteiger partial charge in [0.2, 0.25) is 0 Å². The third-order valence-corrected chi connectivity index (χ3v) is 0. The Kier molecular flexibility index (Phi) is 3810. The smallest absolute Gasteiger partial charge is 0.300 e. The van der Waals surface area contributed by atoms with E-state index in [0.29, 0.717) is 0 Å². The lowest BCUT2D eigenvalue weighted by molar-refractivity contribution is -0.134. The van der Waals surface area contributed by atoms with Gasteiger partial charge in [-0.15, -0.1) is 0 Å². The fourth-order valence-corrected chi connectivity index (χ4v) is 0. The molecule has 0 aliphatic rings. The zero-order chi connectivity index (χ0) is 3.58. The molecule has 0 atom stereocenters. The lowest BCUT2D eigenvalue weighted by Gasteiger charge is -1.59. The van der Waals surface area contributed by atoms with Crippen molar-refractivity contribution in [3.05, 3.63) is 0 Å². The molecule has 0 spiro atoms. The third-order valence-electron chi connectivity index (χ3n) is 0. The lowest BCUT2D eigenvalue weighted by atomic mass is 10.9. The third kappa shape index (κ3) is 841. The minimum atomic E-state index is -0.833. The van der Waals surface area contributed by atoms with Gasteiger partial charge in [-0.2, -0.15) is 0 Å². The van der Waals surface area contributed by atoms with Gasteiger partial charge in [0.15, 0.2) is 0 Å². The summed E-state index contributed by atoms with van der Waals surface area (Å²) in [6.07, 6.45) is 0. The largest absolute Gasteiger partial charge is 0.481 e. The summed E-state index contributed by atoms with van der Waals surface area (Å²) in [7, 11) is 0. The van der Waals surface area contributed by atoms with Gasteiger partial charge in [0.25, 0.3) is 5.97 Å². The average molecular weight is 196 g/mol. The van der Waals surface area contributed by atoms with E-state index in [1.807, 2.05) is 0 Å². The zero-order valence-electron chi connectivity index (χ0n) is 8.01. The molecule has 88 valence electrons. The van der Waals surface area contributed by atoms with Crippen molar-refractivity contribution in [2.45, 2.75) is 6.92 Å². The topological polar surface area (TPSA) is 317 Å². The maximum absolute atomic E-state index is 9.00. The first-order valence-electron chi connectivity index (χ1n) is 0.928. The molecule has 0 saturated heterocycles. The fourth-order valence-electron chi connectivity index (χ4n) is 0. The van der Waals surface area contributed by atoms with Crippen LogP contribution in [0.2, 0.25) is 0 Å². The standard InChI is InChI=1S/C2H4O2.8H3N/c1-2(3)4;;;;;;;;/h1H3,(H,3,4);8*1H3. The Hall–Kier alpha value is -0.850. The van der Waals surface area contributed by atoms with Crippen LogP contribution < -0.4 is 49.2 Å². The highest BCUT2D eigenvalue weighted by molar-refractivity contribution is 5.62. The van der Waals surface area contributed by atoms with Crippen LogP contribution >= 0.6 is 0 Å². The van der Waals surface area contributed by atoms with Crippen LogP contribution in [-0.2, 0) is 4.79 Å². The Labute approximate surface area is 73.1 Å². The molecule has 0 heterocycles. The number of carboxylic acid groups (broad SMARTS) is 1. The number of hydrogen-bond acceptors (Lipinski definition) is 9. The minimum absolute atomic E-state index is 0. The summed E-state index contributed by atoms with van der Waals surface area (Å²) in [5.74, 6) is -0.833. The second-order valence-corrected chi connectivity index (χ2v) is 0.519. The van der Waals surface area contributed by atoms with Crippen molar-refractivity contribution >= 4 is 5.97 Å². The predicted octanol–water partition coefficient (Wildman–Crippen LogP) is 1.39. The van der Waals surface area contributed by atoms with E-state index in [4.69, 9.17) is 9.90 Å². The van der Waals surface area contributed by atoms with Crippen LogP contribution in [0.25, 0.3) is 0 Å². The van der Waals surface area contributed by atoms with Gasteiger partial charge in [-0.3, -0.25) is 4.79 Å². The van der Waals surface area contributed by atoms with Crippen LogP contribution in [0.4, 0.5) is 0 Å². The van der Waals surface area contributed by atoms with Crippen molar-refractivity contribution in [3.8, 4) is 0 Å². The summed E-state index contributed by atoms with van der Waals surface area (Å²) in [4.78, 5) is 9.00. The van der Waals surface area contributed by atoms with E-state index >= 15 is 0 Å². The Bertz CT molecular complexity index is 38.0. The molecule has 10 heteroatoms. The number of rotatable bonds is 0. The monoisotopic (exact) mass is 196 g/mol. The molecular weight excluding hydrogens is 168 g/mol. The molecule has 0 aromatic rings. The predicted molar refractivity (Wildman–Crippen MR) is 53.5 cm³/mol. The number of aliphatic carboxylic acids is 1. The van der Waals surface area contributed by atoms with Crippen molar-refractivity contribution in [1.82, 2.24) is 49.2 Å². The first-order chi connectivity index (χ1) is 1.73. The van der Waals surface area contributed by atoms with Gasteiger partial charge in [0, 0.05) is 6.92 Å². The van der Waals surface area contributed by atoms with Gasteiger partial charge in [-0.1, -0.05) is 0 Å². The molecule has 10 nitrogen and oxygen atoms in total. The number of carboxylic acids is 1. The highest BCUT2D eigenvalue weighted by atomic mass is 16.4. The highest BCUT2D eigenvalue weighted by Gasteiger charge is 1.65. The van der Waals surface area contributed by atoms with E-state index in [2.05, 4.69) is 0 Å². The summed E-state index contributed by atoms with van der Waals surface area (Å²) in [6.45, 7) is 1.08. The van der Waals surface area contributed by atoms with Crippen LogP contribution in [0, 0.1) is 0 Å². The highest BCUT2D eigenvalue weighted by Crippen LogP contribution is 1.42. The van der Waals surface area contributed by atoms with Gasteiger partial charge in [0.1, 0.15) is 0 Å². The number of carbonyl (C=O) groups is 1. The van der Waals surface area contributed by atoms with Gasteiger partial charge < -0.3 is 54.3 Å². The van der Waals surface area contributed by atoms with Crippen molar-refractivity contribution < 1.29 is 9.90 Å². The van der Waals surface area contributed by atoms with E-state index in [1.54, 1.807) is 0 Å². The Morgan fingerprint density at radius 2 is 0.750 bits per heavy atom. The average Bonchev–Trinajstić information content (AvgIpc) is 0.811. The Morgan fingerprint density at radius 1 is 0.750 bits per heavy atom. The van der Waals surface area contributed by atoms with Crippen molar-refractivity contribution in [2.24, 2.45) is 0 Å². The second kappa shape index (κ2) is 184. The first-order valence-corrected chi connectivity index (χ1v) is 0.928. The van der Waals surface area contributed by atoms with Gasteiger partial charge in [0.05, 0.1) is 0 Å². The van der Waals surface area contributed by atoms with E-state index in [-0.39, 0.29) is 49.2 Å². The molecule has 0 fully saturated rings. The summed E-state index contributed by atoms with van der Waals surface area (Å²) in [5, 5.41) is 7.42. The van der Waals surface area contributed by atoms with E-state index in [0.717, 1.165) is 6.92 Å². The van der Waals surface area contributed by atoms with Crippen molar-refractivity contribution in [1.29, 1.82) is 0 Å². The molecule has 25 N–H and O–H groups in total. The molecule has 0 unspecified atom stereocenters. The molecule has 0 radical (unpaired) electrons. The van der Waals surface area contributed by atoms with Gasteiger partial charge in [-0.05, 0) is 0 Å². The summed E-state index contributed by atoms with van der Waals surface area (Å²) >= 11 is 0. The quantitative estimate of drug-likeness (QED) is 0.267. The maximum Gasteiger partial charge on any atom is 0.300 e. The SMILES string of the molecule is CC(=O)O.N.N.N.N.N.N.N.N. The molecule has 0 amide bonds. The van der Waals surface area contributed by atoms with E-state index in [9.17, 15) is 0 Å². The Balaban J connectivity index is -0.00000000161. The number of hydrogen-bond donors (Lipinski definition) is 9. The van der Waals surface area contributed by atoms with E-state index in [1.165, 1.54) is 0 Å². The molecule has 0 aromatic heterocycles. The van der Waals surface area contributed by atoms with Crippen LogP contribution in [-0.4, -0.2) is 11.1 Å². The summed E-state index contributed by atoms with van der Waals surface area (Å²) < 4.78 is 0. The summed E-state index contributed by atoms with van der Waals surface area (Å²) in [6, 6.07) is 0. The fraction of sp³-hybridized carbons (Fsp3) is 0.500. The first kappa shape index (κ1) is 249. The van der Waals surface area contributed by atoms with E-state index < -0.39 is 5.97 Å². The molecule has 0 saturated carbocycles. The molecule has 0 aliphatic heterocycles. The van der Waals surface area contributed by atoms with Crippen molar-refractivity contribution in [3.63, 3.8) is 0 Å². The van der Waals surface area contributed by atoms with Crippen LogP contribution in [0.1, 0.15) is 6.92 Å². The lowest BCUT2D eigenvalue weighted by Crippen LogP contribution is -1.78. The second-order valence-electron chi connectivity index (χ2n) is 0.519. The van der Waals surface area contributed by atoms with Crippen molar-refractivity contribution in [2.75, 3.05) is 0 Å². The molecule has 0 rings (SSSR count). The van der Waals surface area contributed by atoms with Crippen LogP contribution in [0.5, 0.6) is 0 Å². The van der Waals surface area contributed by atoms with Gasteiger partial charge in [-0.25, -0.2) is 0 Å². The molecule has 0 aliphatic carbocycles. The van der Waals surface area contributed by atoms with Crippen LogP contribution in [0.3, 0.4) is 0 Å². The molecule has 0 aromatic carbocycles. The normalized spacial score (nSPS) is 2.08. The Morgan fingerprint density at radius 3 is 0.750 bits per heavy atom. The minimum Gasteiger partial charge on any atom is -0.481 e. The molecule has 0 bridgehead atoms. The zero-order valence-corrected chi connectivity index (χ0v) is 8.01. The molecule has 12 heavy (non-hydrogen) atoms. The summed E-state index contributed by atoms with van der Waals surface area (Å²) in [5.41, 5.74) is 0. The molecular formula is C2H28N8O2.